The fourth-order valence-electron chi connectivity index (χ4n) is 9.59. The summed E-state index contributed by atoms with van der Waals surface area (Å²) in [4.78, 5) is 72.0. The Morgan fingerprint density at radius 2 is 1.27 bits per heavy atom. The number of nitrogens with zero attached hydrogens (tertiary/aromatic N) is 4. The van der Waals surface area contributed by atoms with Crippen LogP contribution in [0, 0.1) is 35.5 Å². The van der Waals surface area contributed by atoms with E-state index in [0.717, 1.165) is 34.4 Å². The van der Waals surface area contributed by atoms with Gasteiger partial charge in [-0.3, -0.25) is 9.59 Å². The van der Waals surface area contributed by atoms with E-state index in [4.69, 9.17) is 35.8 Å². The maximum Gasteiger partial charge on any atom is 0.407 e. The van der Waals surface area contributed by atoms with E-state index >= 15 is 0 Å². The van der Waals surface area contributed by atoms with Crippen LogP contribution < -0.4 is 10.6 Å². The highest BCUT2D eigenvalue weighted by Crippen LogP contribution is 2.39. The first-order valence-corrected chi connectivity index (χ1v) is 22.5. The maximum atomic E-state index is 14.1. The Bertz CT molecular complexity index is 2360. The SMILES string of the molecule is COC(=O)N[C@H](C(=O)N1C[C@@H](C)C[C@H]1c1nc(-c2ccc(C#Cc3ccc(-c4cnc([C@@H]5C[C@H](C)CN5C(=O)[C@@H](NC(=O)O)C5CCOCC5)[nH]4)cc3)cc2)c(Cl)[nH]1)C1CCOCC1. The summed E-state index contributed by atoms with van der Waals surface area (Å²) < 4.78 is 15.9. The highest BCUT2D eigenvalue weighted by Gasteiger charge is 2.44. The zero-order valence-electron chi connectivity index (χ0n) is 36.3. The van der Waals surface area contributed by atoms with Crippen molar-refractivity contribution >= 4 is 35.6 Å². The van der Waals surface area contributed by atoms with E-state index in [1.807, 2.05) is 48.5 Å². The van der Waals surface area contributed by atoms with Crippen molar-refractivity contribution in [1.82, 2.24) is 40.4 Å². The summed E-state index contributed by atoms with van der Waals surface area (Å²) in [5.41, 5.74) is 4.72. The zero-order chi connectivity index (χ0) is 44.9. The number of hydrogen-bond acceptors (Lipinski definition) is 9. The maximum absolute atomic E-state index is 14.1. The molecule has 4 amide bonds. The molecular weight excluding hydrogens is 840 g/mol. The molecule has 2 aromatic heterocycles. The predicted octanol–water partition coefficient (Wildman–Crippen LogP) is 6.55. The molecule has 4 aliphatic heterocycles. The number of imidazole rings is 2. The number of H-pyrrole nitrogens is 2. The minimum atomic E-state index is -1.21. The largest absolute Gasteiger partial charge is 0.465 e. The van der Waals surface area contributed by atoms with Crippen molar-refractivity contribution in [2.45, 2.75) is 76.5 Å². The lowest BCUT2D eigenvalue weighted by Crippen LogP contribution is -2.53. The number of methoxy groups -OCH3 is 1. The number of rotatable bonds is 10. The van der Waals surface area contributed by atoms with Gasteiger partial charge in [-0.15, -0.1) is 0 Å². The highest BCUT2D eigenvalue weighted by atomic mass is 35.5. The Hall–Kier alpha value is -5.89. The van der Waals surface area contributed by atoms with Gasteiger partial charge in [0.15, 0.2) is 0 Å². The molecule has 0 saturated carbocycles. The molecule has 4 aromatic rings. The van der Waals surface area contributed by atoms with Crippen LogP contribution in [-0.4, -0.2) is 118 Å². The number of alkyl carbamates (subject to hydrolysis) is 1. The third kappa shape index (κ3) is 10.1. The van der Waals surface area contributed by atoms with Gasteiger partial charge in [0.1, 0.15) is 34.6 Å². The number of ether oxygens (including phenoxy) is 3. The first-order valence-electron chi connectivity index (χ1n) is 22.1. The van der Waals surface area contributed by atoms with Crippen LogP contribution >= 0.6 is 11.6 Å². The molecule has 338 valence electrons. The summed E-state index contributed by atoms with van der Waals surface area (Å²) in [5.74, 6) is 7.59. The molecule has 4 saturated heterocycles. The van der Waals surface area contributed by atoms with Crippen molar-refractivity contribution in [2.75, 3.05) is 46.6 Å². The van der Waals surface area contributed by atoms with E-state index in [9.17, 15) is 24.3 Å². The number of halogens is 1. The Labute approximate surface area is 377 Å². The van der Waals surface area contributed by atoms with Crippen LogP contribution in [0.3, 0.4) is 0 Å². The first kappa shape index (κ1) is 44.7. The summed E-state index contributed by atoms with van der Waals surface area (Å²) in [6, 6.07) is 13.3. The second-order valence-electron chi connectivity index (χ2n) is 17.5. The van der Waals surface area contributed by atoms with Crippen molar-refractivity contribution in [2.24, 2.45) is 23.7 Å². The average Bonchev–Trinajstić information content (AvgIpc) is 4.13. The standard InChI is InChI=1S/C47H55ClN8O8/c1-27-22-36(55(25-27)44(57)39(52-46(59)60)33-14-18-63-19-15-33)42-49-24-35(50-42)31-10-6-29(7-11-31)4-5-30-8-12-32(13-9-30)38-41(48)54-43(51-38)37-23-28(2)26-56(37)45(58)40(53-47(61)62-3)34-16-20-64-21-17-34/h6-13,24,27-28,33-34,36-37,39-40,52H,14-23,25-26H2,1-3H3,(H,49,50)(H,51,54)(H,53,61)(H,59,60)/t27-,28-,36-,37-,39-,40-/m0/s1. The molecule has 5 N–H and O–H groups in total. The van der Waals surface area contributed by atoms with Gasteiger partial charge in [-0.2, -0.15) is 0 Å². The molecule has 2 aromatic carbocycles. The minimum Gasteiger partial charge on any atom is -0.465 e. The summed E-state index contributed by atoms with van der Waals surface area (Å²) in [5, 5.41) is 15.3. The van der Waals surface area contributed by atoms with Crippen molar-refractivity contribution in [3.63, 3.8) is 0 Å². The lowest BCUT2D eigenvalue weighted by molar-refractivity contribution is -0.137. The van der Waals surface area contributed by atoms with Crippen molar-refractivity contribution in [3.05, 3.63) is 82.7 Å². The van der Waals surface area contributed by atoms with E-state index in [0.29, 0.717) is 94.1 Å². The fourth-order valence-corrected chi connectivity index (χ4v) is 9.84. The topological polar surface area (TPSA) is 204 Å². The molecule has 17 heteroatoms. The Balaban J connectivity index is 0.918. The van der Waals surface area contributed by atoms with Crippen LogP contribution in [0.2, 0.25) is 5.15 Å². The minimum absolute atomic E-state index is 0.0717. The lowest BCUT2D eigenvalue weighted by atomic mass is 9.90. The Kier molecular flexibility index (Phi) is 13.9. The van der Waals surface area contributed by atoms with Crippen LogP contribution in [0.5, 0.6) is 0 Å². The second-order valence-corrected chi connectivity index (χ2v) is 17.9. The summed E-state index contributed by atoms with van der Waals surface area (Å²) >= 11 is 6.76. The third-order valence-electron chi connectivity index (χ3n) is 12.9. The van der Waals surface area contributed by atoms with Crippen molar-refractivity contribution < 1.29 is 38.5 Å². The van der Waals surface area contributed by atoms with Gasteiger partial charge in [-0.25, -0.2) is 19.6 Å². The van der Waals surface area contributed by atoms with Gasteiger partial charge in [0.05, 0.1) is 31.1 Å². The third-order valence-corrected chi connectivity index (χ3v) is 13.2. The zero-order valence-corrected chi connectivity index (χ0v) is 37.0. The van der Waals surface area contributed by atoms with E-state index in [1.165, 1.54) is 7.11 Å². The summed E-state index contributed by atoms with van der Waals surface area (Å²) in [6.45, 7) is 7.30. The monoisotopic (exact) mass is 894 g/mol. The van der Waals surface area contributed by atoms with Gasteiger partial charge in [-0.1, -0.05) is 61.6 Å². The number of benzene rings is 2. The van der Waals surface area contributed by atoms with Gasteiger partial charge in [0.25, 0.3) is 0 Å². The number of nitrogens with one attached hydrogen (secondary N) is 4. The molecule has 4 aliphatic rings. The van der Waals surface area contributed by atoms with Crippen molar-refractivity contribution in [3.8, 4) is 34.4 Å². The van der Waals surface area contributed by atoms with Gasteiger partial charge >= 0.3 is 12.2 Å². The molecule has 0 bridgehead atoms. The summed E-state index contributed by atoms with van der Waals surface area (Å²) in [6.07, 6.45) is 3.89. The van der Waals surface area contributed by atoms with Gasteiger partial charge in [0.2, 0.25) is 11.8 Å². The van der Waals surface area contributed by atoms with Crippen LogP contribution in [-0.2, 0) is 23.8 Å². The smallest absolute Gasteiger partial charge is 0.407 e. The van der Waals surface area contributed by atoms with Crippen LogP contribution in [0.15, 0.2) is 54.7 Å². The predicted molar refractivity (Wildman–Crippen MR) is 237 cm³/mol. The van der Waals surface area contributed by atoms with Crippen LogP contribution in [0.1, 0.15) is 87.2 Å². The molecule has 0 unspecified atom stereocenters. The second kappa shape index (κ2) is 19.9. The molecule has 0 spiro atoms. The highest BCUT2D eigenvalue weighted by molar-refractivity contribution is 6.31. The van der Waals surface area contributed by atoms with Gasteiger partial charge in [0, 0.05) is 56.2 Å². The molecule has 64 heavy (non-hydrogen) atoms. The molecule has 0 aliphatic carbocycles. The van der Waals surface area contributed by atoms with Gasteiger partial charge < -0.3 is 49.7 Å². The van der Waals surface area contributed by atoms with Crippen LogP contribution in [0.25, 0.3) is 22.5 Å². The first-order chi connectivity index (χ1) is 30.9. The molecule has 0 radical (unpaired) electrons. The molecular formula is C47H55ClN8O8. The molecule has 6 heterocycles. The van der Waals surface area contributed by atoms with E-state index < -0.39 is 24.3 Å². The number of amides is 4. The van der Waals surface area contributed by atoms with E-state index in [1.54, 1.807) is 16.0 Å². The normalized spacial score (nSPS) is 22.6. The molecule has 8 rings (SSSR count). The lowest BCUT2D eigenvalue weighted by Gasteiger charge is -2.34. The quantitative estimate of drug-likeness (QED) is 0.109. The van der Waals surface area contributed by atoms with Gasteiger partial charge in [-0.05, 0) is 92.0 Å². The van der Waals surface area contributed by atoms with Crippen molar-refractivity contribution in [1.29, 1.82) is 0 Å². The average molecular weight is 895 g/mol. The number of aromatic amines is 2. The summed E-state index contributed by atoms with van der Waals surface area (Å²) in [7, 11) is 1.29. The molecule has 4 fully saturated rings. The van der Waals surface area contributed by atoms with E-state index in [2.05, 4.69) is 46.3 Å². The number of carbonyl (C=O) groups excluding carboxylic acids is 3. The molecule has 6 atom stereocenters. The number of carbonyl (C=O) groups is 4. The Morgan fingerprint density at radius 3 is 1.78 bits per heavy atom. The number of likely N-dealkylation sites (tertiary alicyclic amines) is 2. The number of hydrogen-bond donors (Lipinski definition) is 5. The van der Waals surface area contributed by atoms with Crippen LogP contribution in [0.4, 0.5) is 9.59 Å². The fraction of sp³-hybridized carbons (Fsp3) is 0.489. The number of aromatic nitrogens is 4. The molecule has 16 nitrogen and oxygen atoms in total. The number of carboxylic acid groups (broad SMARTS) is 1. The van der Waals surface area contributed by atoms with E-state index in [-0.39, 0.29) is 47.6 Å². The Morgan fingerprint density at radius 1 is 0.766 bits per heavy atom.